The summed E-state index contributed by atoms with van der Waals surface area (Å²) in [4.78, 5) is 0. The average Bonchev–Trinajstić information content (AvgIpc) is 2.69. The molecule has 0 heterocycles. The third kappa shape index (κ3) is 10.5. The van der Waals surface area contributed by atoms with Crippen LogP contribution in [0.1, 0.15) is 60.8 Å². The van der Waals surface area contributed by atoms with E-state index < -0.39 is 0 Å². The first-order chi connectivity index (χ1) is 14.8. The highest BCUT2D eigenvalue weighted by atomic mass is 16.5. The van der Waals surface area contributed by atoms with E-state index in [4.69, 9.17) is 9.47 Å². The van der Waals surface area contributed by atoms with Crippen molar-refractivity contribution in [1.82, 2.24) is 0 Å². The van der Waals surface area contributed by atoms with Crippen molar-refractivity contribution in [3.05, 3.63) is 48.5 Å². The summed E-state index contributed by atoms with van der Waals surface area (Å²) in [5.41, 5.74) is 2.28. The zero-order valence-corrected chi connectivity index (χ0v) is 20.3. The number of rotatable bonds is 14. The lowest BCUT2D eigenvalue weighted by molar-refractivity contribution is 0.247. The fourth-order valence-corrected chi connectivity index (χ4v) is 3.83. The van der Waals surface area contributed by atoms with Gasteiger partial charge in [-0.15, -0.1) is 0 Å². The van der Waals surface area contributed by atoms with E-state index in [0.717, 1.165) is 42.1 Å². The van der Waals surface area contributed by atoms with Gasteiger partial charge < -0.3 is 20.1 Å². The normalized spacial score (nSPS) is 13.2. The van der Waals surface area contributed by atoms with E-state index in [0.29, 0.717) is 37.1 Å². The van der Waals surface area contributed by atoms with Gasteiger partial charge in [-0.2, -0.15) is 0 Å². The molecule has 2 N–H and O–H groups in total. The maximum Gasteiger partial charge on any atom is 0.119 e. The molecule has 2 atom stereocenters. The molecule has 0 spiro atoms. The molecule has 2 aromatic rings. The lowest BCUT2D eigenvalue weighted by Crippen LogP contribution is -2.17. The van der Waals surface area contributed by atoms with E-state index >= 15 is 0 Å². The Bertz CT molecular complexity index is 662. The zero-order chi connectivity index (χ0) is 22.6. The van der Waals surface area contributed by atoms with Gasteiger partial charge in [-0.1, -0.05) is 27.7 Å². The molecule has 2 aromatic carbocycles. The number of nitrogens with one attached hydrogen (secondary N) is 2. The average molecular weight is 427 g/mol. The summed E-state index contributed by atoms with van der Waals surface area (Å²) in [6, 6.07) is 17.4. The molecule has 2 rings (SSSR count). The van der Waals surface area contributed by atoms with Crippen LogP contribution in [0.3, 0.4) is 0 Å². The smallest absolute Gasteiger partial charge is 0.119 e. The minimum Gasteiger partial charge on any atom is -0.493 e. The van der Waals surface area contributed by atoms with E-state index in [9.17, 15) is 0 Å². The van der Waals surface area contributed by atoms with Gasteiger partial charge in [0.2, 0.25) is 0 Å². The van der Waals surface area contributed by atoms with Gasteiger partial charge in [-0.05, 0) is 87.1 Å². The molecule has 2 unspecified atom stereocenters. The van der Waals surface area contributed by atoms with Gasteiger partial charge in [-0.3, -0.25) is 0 Å². The first-order valence-electron chi connectivity index (χ1n) is 11.8. The maximum absolute atomic E-state index is 5.85. The summed E-state index contributed by atoms with van der Waals surface area (Å²) >= 11 is 0. The summed E-state index contributed by atoms with van der Waals surface area (Å²) in [6.07, 6.45) is 3.17. The monoisotopic (exact) mass is 426 g/mol. The molecule has 0 aliphatic rings. The lowest BCUT2D eigenvalue weighted by Gasteiger charge is -2.17. The van der Waals surface area contributed by atoms with Crippen LogP contribution >= 0.6 is 0 Å². The molecule has 0 aliphatic carbocycles. The molecule has 31 heavy (non-hydrogen) atoms. The predicted octanol–water partition coefficient (Wildman–Crippen LogP) is 7.23. The largest absolute Gasteiger partial charge is 0.493 e. The predicted molar refractivity (Wildman–Crippen MR) is 134 cm³/mol. The Balaban J connectivity index is 1.63. The number of hydrogen-bond donors (Lipinski definition) is 2. The standard InChI is InChI=1S/C27H42N2O2/c1-20(2)18-22(5)28-24-8-12-26(13-9-24)30-16-7-17-31-27-14-10-25(11-15-27)29-23(6)19-21(3)4/h8-15,20-23,28-29H,7,16-19H2,1-6H3. The van der Waals surface area contributed by atoms with E-state index in [1.165, 1.54) is 0 Å². The number of anilines is 2. The molecule has 4 heteroatoms. The fraction of sp³-hybridized carbons (Fsp3) is 0.556. The fourth-order valence-electron chi connectivity index (χ4n) is 3.83. The molecular formula is C27H42N2O2. The Hall–Kier alpha value is -2.36. The second-order valence-corrected chi connectivity index (χ2v) is 9.45. The first kappa shape index (κ1) is 24.9. The van der Waals surface area contributed by atoms with Gasteiger partial charge in [-0.25, -0.2) is 0 Å². The van der Waals surface area contributed by atoms with Crippen molar-refractivity contribution in [2.75, 3.05) is 23.8 Å². The van der Waals surface area contributed by atoms with Crippen molar-refractivity contribution < 1.29 is 9.47 Å². The maximum atomic E-state index is 5.85. The Morgan fingerprint density at radius 2 is 0.935 bits per heavy atom. The number of hydrogen-bond acceptors (Lipinski definition) is 4. The molecule has 0 saturated heterocycles. The van der Waals surface area contributed by atoms with Gasteiger partial charge in [0, 0.05) is 29.9 Å². The van der Waals surface area contributed by atoms with Crippen LogP contribution in [0.15, 0.2) is 48.5 Å². The Morgan fingerprint density at radius 3 is 1.26 bits per heavy atom. The SMILES string of the molecule is CC(C)CC(C)Nc1ccc(OCCCOc2ccc(NC(C)CC(C)C)cc2)cc1. The minimum atomic E-state index is 0.470. The summed E-state index contributed by atoms with van der Waals surface area (Å²) in [6.45, 7) is 14.7. The van der Waals surface area contributed by atoms with E-state index in [1.807, 2.05) is 24.3 Å². The zero-order valence-electron chi connectivity index (χ0n) is 20.3. The molecule has 0 aromatic heterocycles. The van der Waals surface area contributed by atoms with Crippen LogP contribution in [-0.4, -0.2) is 25.3 Å². The minimum absolute atomic E-state index is 0.470. The Labute approximate surface area is 189 Å². The van der Waals surface area contributed by atoms with Crippen LogP contribution in [-0.2, 0) is 0 Å². The first-order valence-corrected chi connectivity index (χ1v) is 11.8. The van der Waals surface area contributed by atoms with Crippen molar-refractivity contribution in [1.29, 1.82) is 0 Å². The van der Waals surface area contributed by atoms with Crippen molar-refractivity contribution in [3.63, 3.8) is 0 Å². The summed E-state index contributed by atoms with van der Waals surface area (Å²) in [5, 5.41) is 7.07. The van der Waals surface area contributed by atoms with Gasteiger partial charge >= 0.3 is 0 Å². The van der Waals surface area contributed by atoms with Crippen molar-refractivity contribution in [2.45, 2.75) is 72.9 Å². The van der Waals surface area contributed by atoms with Crippen LogP contribution in [0.25, 0.3) is 0 Å². The summed E-state index contributed by atoms with van der Waals surface area (Å²) in [5.74, 6) is 3.18. The molecule has 0 fully saturated rings. The molecule has 0 aliphatic heterocycles. The summed E-state index contributed by atoms with van der Waals surface area (Å²) in [7, 11) is 0. The number of ether oxygens (including phenoxy) is 2. The number of benzene rings is 2. The van der Waals surface area contributed by atoms with Crippen LogP contribution in [0, 0.1) is 11.8 Å². The molecule has 172 valence electrons. The van der Waals surface area contributed by atoms with Crippen LogP contribution in [0.5, 0.6) is 11.5 Å². The van der Waals surface area contributed by atoms with Crippen molar-refractivity contribution in [2.24, 2.45) is 11.8 Å². The second-order valence-electron chi connectivity index (χ2n) is 9.45. The second kappa shape index (κ2) is 13.1. The molecule has 4 nitrogen and oxygen atoms in total. The third-order valence-corrected chi connectivity index (χ3v) is 5.01. The highest BCUT2D eigenvalue weighted by Crippen LogP contribution is 2.20. The lowest BCUT2D eigenvalue weighted by atomic mass is 10.1. The van der Waals surface area contributed by atoms with Crippen LogP contribution in [0.4, 0.5) is 11.4 Å². The van der Waals surface area contributed by atoms with Crippen molar-refractivity contribution in [3.8, 4) is 11.5 Å². The van der Waals surface area contributed by atoms with Gasteiger partial charge in [0.15, 0.2) is 0 Å². The molecule has 0 saturated carbocycles. The van der Waals surface area contributed by atoms with E-state index in [-0.39, 0.29) is 0 Å². The van der Waals surface area contributed by atoms with Gasteiger partial charge in [0.1, 0.15) is 11.5 Å². The summed E-state index contributed by atoms with van der Waals surface area (Å²) < 4.78 is 11.7. The van der Waals surface area contributed by atoms with E-state index in [1.54, 1.807) is 0 Å². The molecule has 0 radical (unpaired) electrons. The molecule has 0 amide bonds. The third-order valence-electron chi connectivity index (χ3n) is 5.01. The quantitative estimate of drug-likeness (QED) is 0.313. The Kier molecular flexibility index (Phi) is 10.6. The van der Waals surface area contributed by atoms with Gasteiger partial charge in [0.25, 0.3) is 0 Å². The van der Waals surface area contributed by atoms with Crippen LogP contribution in [0.2, 0.25) is 0 Å². The van der Waals surface area contributed by atoms with Gasteiger partial charge in [0.05, 0.1) is 13.2 Å². The topological polar surface area (TPSA) is 42.5 Å². The highest BCUT2D eigenvalue weighted by Gasteiger charge is 2.06. The van der Waals surface area contributed by atoms with E-state index in [2.05, 4.69) is 76.4 Å². The molecule has 0 bridgehead atoms. The Morgan fingerprint density at radius 1 is 0.581 bits per heavy atom. The highest BCUT2D eigenvalue weighted by molar-refractivity contribution is 5.47. The van der Waals surface area contributed by atoms with Crippen LogP contribution < -0.4 is 20.1 Å². The van der Waals surface area contributed by atoms with Crippen molar-refractivity contribution >= 4 is 11.4 Å². The molecular weight excluding hydrogens is 384 g/mol.